The summed E-state index contributed by atoms with van der Waals surface area (Å²) in [4.78, 5) is 0. The van der Waals surface area contributed by atoms with Crippen LogP contribution < -0.4 is 0 Å². The first-order chi connectivity index (χ1) is 14.1. The fourth-order valence-corrected chi connectivity index (χ4v) is 6.32. The van der Waals surface area contributed by atoms with Crippen LogP contribution in [0.2, 0.25) is 0 Å². The average molecular weight is 413 g/mol. The molecule has 0 radical (unpaired) electrons. The van der Waals surface area contributed by atoms with E-state index in [9.17, 15) is 10.2 Å². The maximum absolute atomic E-state index is 10.1. The Morgan fingerprint density at radius 2 is 1.80 bits per heavy atom. The third kappa shape index (κ3) is 4.86. The summed E-state index contributed by atoms with van der Waals surface area (Å²) in [5.74, 6) is 3.38. The molecule has 2 nitrogen and oxygen atoms in total. The van der Waals surface area contributed by atoms with Gasteiger partial charge in [0.25, 0.3) is 0 Å². The molecule has 0 spiro atoms. The van der Waals surface area contributed by atoms with Gasteiger partial charge >= 0.3 is 0 Å². The summed E-state index contributed by atoms with van der Waals surface area (Å²) < 4.78 is 0. The minimum atomic E-state index is -0.605. The van der Waals surface area contributed by atoms with Crippen molar-refractivity contribution in [2.24, 2.45) is 35.0 Å². The Bertz CT molecular complexity index is 712. The number of allylic oxidation sites excluding steroid dienone is 5. The molecule has 2 N–H and O–H groups in total. The summed E-state index contributed by atoms with van der Waals surface area (Å²) >= 11 is 0. The fraction of sp³-hybridized carbons (Fsp3) is 0.714. The van der Waals surface area contributed by atoms with Gasteiger partial charge in [-0.2, -0.15) is 0 Å². The predicted octanol–water partition coefficient (Wildman–Crippen LogP) is 6.61. The first-order valence-corrected chi connectivity index (χ1v) is 12.3. The Morgan fingerprint density at radius 1 is 1.07 bits per heavy atom. The summed E-state index contributed by atoms with van der Waals surface area (Å²) in [6, 6.07) is 0. The molecular formula is C28H44O2. The van der Waals surface area contributed by atoms with Gasteiger partial charge in [0, 0.05) is 6.42 Å². The molecule has 3 saturated carbocycles. The highest BCUT2D eigenvalue weighted by atomic mass is 16.3. The van der Waals surface area contributed by atoms with Crippen molar-refractivity contribution in [2.45, 2.75) is 91.8 Å². The van der Waals surface area contributed by atoms with Gasteiger partial charge < -0.3 is 10.2 Å². The molecule has 168 valence electrons. The van der Waals surface area contributed by atoms with Crippen molar-refractivity contribution in [2.75, 3.05) is 0 Å². The summed E-state index contributed by atoms with van der Waals surface area (Å²) in [5.41, 5.74) is 3.77. The molecule has 2 heteroatoms. The molecule has 3 aliphatic carbocycles. The Labute approximate surface area is 184 Å². The first kappa shape index (κ1) is 23.5. The second kappa shape index (κ2) is 9.57. The van der Waals surface area contributed by atoms with Gasteiger partial charge in [0.2, 0.25) is 0 Å². The lowest BCUT2D eigenvalue weighted by Gasteiger charge is -2.44. The Balaban J connectivity index is 1.76. The van der Waals surface area contributed by atoms with Crippen LogP contribution in [-0.2, 0) is 0 Å². The fourth-order valence-electron chi connectivity index (χ4n) is 6.32. The molecule has 30 heavy (non-hydrogen) atoms. The highest BCUT2D eigenvalue weighted by molar-refractivity contribution is 5.38. The second-order valence-corrected chi connectivity index (χ2v) is 11.0. The van der Waals surface area contributed by atoms with Gasteiger partial charge in [-0.15, -0.1) is 0 Å². The van der Waals surface area contributed by atoms with Crippen molar-refractivity contribution in [3.05, 3.63) is 47.6 Å². The van der Waals surface area contributed by atoms with E-state index < -0.39 is 12.2 Å². The number of hydrogen-bond acceptors (Lipinski definition) is 2. The van der Waals surface area contributed by atoms with Crippen LogP contribution in [0.4, 0.5) is 0 Å². The van der Waals surface area contributed by atoms with Crippen LogP contribution in [0.3, 0.4) is 0 Å². The maximum atomic E-state index is 10.1. The van der Waals surface area contributed by atoms with Crippen molar-refractivity contribution in [3.8, 4) is 0 Å². The molecule has 3 fully saturated rings. The van der Waals surface area contributed by atoms with E-state index in [0.717, 1.165) is 17.1 Å². The van der Waals surface area contributed by atoms with Crippen LogP contribution in [0.15, 0.2) is 47.6 Å². The molecule has 0 aromatic carbocycles. The topological polar surface area (TPSA) is 40.5 Å². The summed E-state index contributed by atoms with van der Waals surface area (Å²) in [5, 5.41) is 20.2. The average Bonchev–Trinajstić information content (AvgIpc) is 3.04. The van der Waals surface area contributed by atoms with Crippen LogP contribution in [0.25, 0.3) is 0 Å². The number of aliphatic hydroxyl groups is 2. The molecule has 0 aromatic heterocycles. The maximum Gasteiger partial charge on any atom is 0.0811 e. The van der Waals surface area contributed by atoms with Crippen molar-refractivity contribution in [1.82, 2.24) is 0 Å². The lowest BCUT2D eigenvalue weighted by atomic mass is 9.61. The van der Waals surface area contributed by atoms with Crippen molar-refractivity contribution >= 4 is 0 Å². The highest BCUT2D eigenvalue weighted by Gasteiger charge is 2.50. The van der Waals surface area contributed by atoms with E-state index in [-0.39, 0.29) is 0 Å². The lowest BCUT2D eigenvalue weighted by molar-refractivity contribution is 0.0862. The molecule has 0 heterocycles. The van der Waals surface area contributed by atoms with Crippen LogP contribution in [-0.4, -0.2) is 22.4 Å². The molecule has 0 aliphatic heterocycles. The zero-order valence-electron chi connectivity index (χ0n) is 19.9. The molecule has 3 aliphatic rings. The van der Waals surface area contributed by atoms with Gasteiger partial charge in [0.05, 0.1) is 12.2 Å². The van der Waals surface area contributed by atoms with Crippen molar-refractivity contribution < 1.29 is 10.2 Å². The van der Waals surface area contributed by atoms with E-state index in [0.29, 0.717) is 41.9 Å². The van der Waals surface area contributed by atoms with E-state index in [1.807, 2.05) is 0 Å². The standard InChI is InChI=1S/C28H44O2/c1-18(2)19(3)9-10-20(4)25-13-14-26-22(8-7-15-28(25,26)6)11-12-23-16-24(29)17-27(30)21(23)5/h9-12,18-20,24-27,29-30H,5,7-8,13-17H2,1-4,6H3/b10-9+,22-11+,23-12-/t19-,20+,24+,25+,26+,27-,28+/m0/s1. The summed E-state index contributed by atoms with van der Waals surface area (Å²) in [6.07, 6.45) is 15.8. The molecule has 0 unspecified atom stereocenters. The van der Waals surface area contributed by atoms with Crippen LogP contribution in [0, 0.1) is 35.0 Å². The van der Waals surface area contributed by atoms with Crippen molar-refractivity contribution in [1.29, 1.82) is 0 Å². The summed E-state index contributed by atoms with van der Waals surface area (Å²) in [7, 11) is 0. The quantitative estimate of drug-likeness (QED) is 0.499. The van der Waals surface area contributed by atoms with Gasteiger partial charge in [-0.25, -0.2) is 0 Å². The van der Waals surface area contributed by atoms with Gasteiger partial charge in [-0.05, 0) is 84.7 Å². The Kier molecular flexibility index (Phi) is 7.51. The highest BCUT2D eigenvalue weighted by Crippen LogP contribution is 2.59. The van der Waals surface area contributed by atoms with E-state index in [1.54, 1.807) is 5.57 Å². The minimum Gasteiger partial charge on any atom is -0.393 e. The zero-order chi connectivity index (χ0) is 22.1. The van der Waals surface area contributed by atoms with Gasteiger partial charge in [-0.1, -0.05) is 71.1 Å². The predicted molar refractivity (Wildman–Crippen MR) is 127 cm³/mol. The van der Waals surface area contributed by atoms with E-state index in [4.69, 9.17) is 0 Å². The normalized spacial score (nSPS) is 39.8. The minimum absolute atomic E-state index is 0.385. The van der Waals surface area contributed by atoms with E-state index in [2.05, 4.69) is 65.5 Å². The number of hydrogen-bond donors (Lipinski definition) is 2. The number of fused-ring (bicyclic) bond motifs is 1. The monoisotopic (exact) mass is 412 g/mol. The molecule has 7 atom stereocenters. The Morgan fingerprint density at radius 3 is 2.50 bits per heavy atom. The largest absolute Gasteiger partial charge is 0.393 e. The van der Waals surface area contributed by atoms with Gasteiger partial charge in [0.1, 0.15) is 0 Å². The molecule has 0 amide bonds. The Hall–Kier alpha value is -1.12. The van der Waals surface area contributed by atoms with E-state index in [1.165, 1.54) is 32.1 Å². The SMILES string of the molecule is C=C1/C(=C\C=C2/CCC[C@@]3(C)[C@@H]2CC[C@@H]3[C@H](C)/C=C/[C@H](C)C(C)C)C[C@@H](O)C[C@@H]1O. The van der Waals surface area contributed by atoms with Gasteiger partial charge in [0.15, 0.2) is 0 Å². The van der Waals surface area contributed by atoms with Crippen LogP contribution in [0.5, 0.6) is 0 Å². The van der Waals surface area contributed by atoms with Crippen LogP contribution in [0.1, 0.15) is 79.6 Å². The second-order valence-electron chi connectivity index (χ2n) is 11.0. The van der Waals surface area contributed by atoms with E-state index >= 15 is 0 Å². The molecule has 0 saturated heterocycles. The zero-order valence-corrected chi connectivity index (χ0v) is 19.9. The smallest absolute Gasteiger partial charge is 0.0811 e. The number of aliphatic hydroxyl groups excluding tert-OH is 2. The molecule has 0 bridgehead atoms. The molecule has 3 rings (SSSR count). The first-order valence-electron chi connectivity index (χ1n) is 12.3. The number of rotatable bonds is 5. The molecular weight excluding hydrogens is 368 g/mol. The van der Waals surface area contributed by atoms with Gasteiger partial charge in [-0.3, -0.25) is 0 Å². The summed E-state index contributed by atoms with van der Waals surface area (Å²) in [6.45, 7) is 16.0. The molecule has 0 aromatic rings. The third-order valence-corrected chi connectivity index (χ3v) is 8.71. The van der Waals surface area contributed by atoms with Crippen LogP contribution >= 0.6 is 0 Å². The third-order valence-electron chi connectivity index (χ3n) is 8.71. The lowest BCUT2D eigenvalue weighted by Crippen LogP contribution is -2.35. The van der Waals surface area contributed by atoms with Crippen molar-refractivity contribution in [3.63, 3.8) is 0 Å².